The monoisotopic (exact) mass is 1150 g/mol. The molecule has 1 unspecified atom stereocenters. The van der Waals surface area contributed by atoms with Crippen molar-refractivity contribution in [3.8, 4) is 0 Å². The Bertz CT molecular complexity index is 1370. The van der Waals surface area contributed by atoms with E-state index in [4.69, 9.17) is 14.2 Å². The lowest BCUT2D eigenvalue weighted by Crippen LogP contribution is -2.30. The summed E-state index contributed by atoms with van der Waals surface area (Å²) in [7, 11) is 0. The summed E-state index contributed by atoms with van der Waals surface area (Å²) < 4.78 is 17.0. The van der Waals surface area contributed by atoms with Crippen LogP contribution >= 0.6 is 0 Å². The number of hydrogen-bond donors (Lipinski definition) is 0. The Labute approximate surface area is 512 Å². The number of carbonyl (C=O) groups excluding carboxylic acids is 3. The van der Waals surface area contributed by atoms with Crippen molar-refractivity contribution >= 4 is 17.9 Å². The Morgan fingerprint density at radius 3 is 0.744 bits per heavy atom. The first kappa shape index (κ1) is 79.6. The Hall–Kier alpha value is -2.37. The molecule has 0 radical (unpaired) electrons. The highest BCUT2D eigenvalue weighted by Crippen LogP contribution is 2.19. The minimum atomic E-state index is -0.782. The van der Waals surface area contributed by atoms with Gasteiger partial charge in [0.2, 0.25) is 0 Å². The summed E-state index contributed by atoms with van der Waals surface area (Å²) in [5, 5.41) is 0. The van der Waals surface area contributed by atoms with Crippen LogP contribution in [0.15, 0.2) is 36.5 Å². The van der Waals surface area contributed by atoms with E-state index in [1.807, 2.05) is 0 Å². The molecule has 0 saturated carbocycles. The van der Waals surface area contributed by atoms with Crippen LogP contribution < -0.4 is 0 Å². The third-order valence-electron chi connectivity index (χ3n) is 16.9. The Morgan fingerprint density at radius 1 is 0.256 bits per heavy atom. The van der Waals surface area contributed by atoms with E-state index in [1.54, 1.807) is 0 Å². The van der Waals surface area contributed by atoms with Gasteiger partial charge in [-0.1, -0.05) is 378 Å². The van der Waals surface area contributed by atoms with E-state index in [1.165, 1.54) is 289 Å². The van der Waals surface area contributed by atoms with Crippen molar-refractivity contribution in [2.45, 2.75) is 419 Å². The molecule has 0 amide bonds. The van der Waals surface area contributed by atoms with Crippen molar-refractivity contribution in [1.29, 1.82) is 0 Å². The maximum absolute atomic E-state index is 12.9. The van der Waals surface area contributed by atoms with Gasteiger partial charge in [-0.25, -0.2) is 0 Å². The van der Waals surface area contributed by atoms with Crippen LogP contribution in [0.3, 0.4) is 0 Å². The standard InChI is InChI=1S/C76H142O6/c1-4-7-10-13-16-19-22-25-27-29-31-32-33-34-35-36-37-38-39-40-41-42-43-44-45-47-48-51-54-57-60-63-66-69-75(78)81-72-73(71-80-74(77)68-65-62-59-56-53-50-24-21-18-15-12-9-6-3)82-76(79)70-67-64-61-58-55-52-49-46-30-28-26-23-20-17-14-11-8-5-2/h9,12,18,21,50,53,73H,4-8,10-11,13-17,19-20,22-49,51-52,54-72H2,1-3H3/b12-9-,21-18-,53-50-. The first-order chi connectivity index (χ1) is 40.5. The van der Waals surface area contributed by atoms with E-state index in [0.717, 1.165) is 83.5 Å². The molecular formula is C76H142O6. The number of allylic oxidation sites excluding steroid dienone is 6. The molecule has 0 spiro atoms. The Balaban J connectivity index is 4.10. The fourth-order valence-electron chi connectivity index (χ4n) is 11.4. The predicted octanol–water partition coefficient (Wildman–Crippen LogP) is 25.5. The second-order valence-corrected chi connectivity index (χ2v) is 25.2. The molecule has 0 aliphatic heterocycles. The van der Waals surface area contributed by atoms with Crippen LogP contribution in [0.1, 0.15) is 412 Å². The van der Waals surface area contributed by atoms with Crippen molar-refractivity contribution in [2.75, 3.05) is 13.2 Å². The van der Waals surface area contributed by atoms with Crippen LogP contribution in [0.5, 0.6) is 0 Å². The van der Waals surface area contributed by atoms with E-state index in [-0.39, 0.29) is 31.1 Å². The molecule has 0 fully saturated rings. The maximum Gasteiger partial charge on any atom is 0.306 e. The maximum atomic E-state index is 12.9. The van der Waals surface area contributed by atoms with Crippen molar-refractivity contribution in [2.24, 2.45) is 0 Å². The zero-order valence-electron chi connectivity index (χ0n) is 55.5. The number of hydrogen-bond acceptors (Lipinski definition) is 6. The number of unbranched alkanes of at least 4 members (excludes halogenated alkanes) is 52. The van der Waals surface area contributed by atoms with E-state index >= 15 is 0 Å². The molecule has 0 aliphatic rings. The summed E-state index contributed by atoms with van der Waals surface area (Å²) in [6.07, 6.45) is 89.3. The van der Waals surface area contributed by atoms with Gasteiger partial charge in [-0.3, -0.25) is 14.4 Å². The minimum absolute atomic E-state index is 0.0758. The molecule has 0 aromatic heterocycles. The van der Waals surface area contributed by atoms with Crippen LogP contribution in [0, 0.1) is 0 Å². The zero-order chi connectivity index (χ0) is 59.2. The highest BCUT2D eigenvalue weighted by molar-refractivity contribution is 5.71. The molecule has 482 valence electrons. The highest BCUT2D eigenvalue weighted by atomic mass is 16.6. The second-order valence-electron chi connectivity index (χ2n) is 25.2. The largest absolute Gasteiger partial charge is 0.462 e. The zero-order valence-corrected chi connectivity index (χ0v) is 55.5. The summed E-state index contributed by atoms with van der Waals surface area (Å²) in [5.74, 6) is -0.877. The average Bonchev–Trinajstić information content (AvgIpc) is 3.47. The third kappa shape index (κ3) is 68.4. The summed E-state index contributed by atoms with van der Waals surface area (Å²) in [6.45, 7) is 6.58. The van der Waals surface area contributed by atoms with Crippen LogP contribution in [0.4, 0.5) is 0 Å². The number of esters is 3. The summed E-state index contributed by atoms with van der Waals surface area (Å²) in [4.78, 5) is 38.4. The first-order valence-corrected chi connectivity index (χ1v) is 37.0. The van der Waals surface area contributed by atoms with Gasteiger partial charge in [-0.15, -0.1) is 0 Å². The Kier molecular flexibility index (Phi) is 69.1. The van der Waals surface area contributed by atoms with E-state index < -0.39 is 6.10 Å². The van der Waals surface area contributed by atoms with E-state index in [2.05, 4.69) is 57.2 Å². The summed E-state index contributed by atoms with van der Waals surface area (Å²) >= 11 is 0. The normalized spacial score (nSPS) is 12.2. The van der Waals surface area contributed by atoms with Crippen molar-refractivity contribution in [3.63, 3.8) is 0 Å². The summed E-state index contributed by atoms with van der Waals surface area (Å²) in [6, 6.07) is 0. The van der Waals surface area contributed by atoms with Crippen molar-refractivity contribution in [3.05, 3.63) is 36.5 Å². The minimum Gasteiger partial charge on any atom is -0.462 e. The van der Waals surface area contributed by atoms with Crippen molar-refractivity contribution < 1.29 is 28.6 Å². The lowest BCUT2D eigenvalue weighted by atomic mass is 10.0. The lowest BCUT2D eigenvalue weighted by molar-refractivity contribution is -0.167. The number of rotatable bonds is 69. The van der Waals surface area contributed by atoms with E-state index in [0.29, 0.717) is 19.3 Å². The van der Waals surface area contributed by atoms with Gasteiger partial charge in [-0.05, 0) is 51.4 Å². The molecule has 0 heterocycles. The lowest BCUT2D eigenvalue weighted by Gasteiger charge is -2.18. The molecule has 6 nitrogen and oxygen atoms in total. The summed E-state index contributed by atoms with van der Waals surface area (Å²) in [5.41, 5.74) is 0. The molecule has 1 atom stereocenters. The van der Waals surface area contributed by atoms with Gasteiger partial charge in [0.05, 0.1) is 0 Å². The number of carbonyl (C=O) groups is 3. The fourth-order valence-corrected chi connectivity index (χ4v) is 11.4. The predicted molar refractivity (Wildman–Crippen MR) is 358 cm³/mol. The molecule has 6 heteroatoms. The number of ether oxygens (including phenoxy) is 3. The van der Waals surface area contributed by atoms with Crippen molar-refractivity contribution in [1.82, 2.24) is 0 Å². The molecule has 0 saturated heterocycles. The topological polar surface area (TPSA) is 78.9 Å². The van der Waals surface area contributed by atoms with Gasteiger partial charge in [0.15, 0.2) is 6.10 Å². The molecular weight excluding hydrogens is 1010 g/mol. The fraction of sp³-hybridized carbons (Fsp3) is 0.882. The Morgan fingerprint density at radius 2 is 0.476 bits per heavy atom. The molecule has 0 aliphatic carbocycles. The van der Waals surface area contributed by atoms with Gasteiger partial charge in [0, 0.05) is 19.3 Å². The molecule has 0 aromatic carbocycles. The van der Waals surface area contributed by atoms with Gasteiger partial charge in [0.25, 0.3) is 0 Å². The van der Waals surface area contributed by atoms with Gasteiger partial charge < -0.3 is 14.2 Å². The molecule has 0 rings (SSSR count). The van der Waals surface area contributed by atoms with Gasteiger partial charge >= 0.3 is 17.9 Å². The van der Waals surface area contributed by atoms with Crippen LogP contribution in [0.2, 0.25) is 0 Å². The first-order valence-electron chi connectivity index (χ1n) is 37.0. The van der Waals surface area contributed by atoms with Gasteiger partial charge in [0.1, 0.15) is 13.2 Å². The molecule has 0 N–H and O–H groups in total. The van der Waals surface area contributed by atoms with Crippen LogP contribution in [-0.2, 0) is 28.6 Å². The highest BCUT2D eigenvalue weighted by Gasteiger charge is 2.19. The SMILES string of the molecule is CC/C=C\C/C=C\C/C=C\CCCCCC(=O)OCC(COC(=O)CCCCCCCCCCCCCCCCCCCCCCCCCCCCCCCCCCC)OC(=O)CCCCCCCCCCCCCCCCCCCC. The quantitative estimate of drug-likeness (QED) is 0.0261. The van der Waals surface area contributed by atoms with E-state index in [9.17, 15) is 14.4 Å². The van der Waals surface area contributed by atoms with Crippen LogP contribution in [-0.4, -0.2) is 37.2 Å². The average molecular weight is 1150 g/mol. The van der Waals surface area contributed by atoms with Crippen LogP contribution in [0.25, 0.3) is 0 Å². The molecule has 0 bridgehead atoms. The molecule has 0 aromatic rings. The smallest absolute Gasteiger partial charge is 0.306 e. The molecule has 82 heavy (non-hydrogen) atoms. The van der Waals surface area contributed by atoms with Gasteiger partial charge in [-0.2, -0.15) is 0 Å². The third-order valence-corrected chi connectivity index (χ3v) is 16.9. The second kappa shape index (κ2) is 71.1.